The van der Waals surface area contributed by atoms with Crippen molar-refractivity contribution in [2.24, 2.45) is 0 Å². The second-order valence-corrected chi connectivity index (χ2v) is 2.74. The molecule has 0 aliphatic rings. The molecule has 0 spiro atoms. The number of hydrogen-bond donors (Lipinski definition) is 2. The van der Waals surface area contributed by atoms with E-state index >= 15 is 0 Å². The summed E-state index contributed by atoms with van der Waals surface area (Å²) < 4.78 is 4.42. The maximum atomic E-state index is 9.07. The normalized spacial score (nSPS) is 10.2. The Morgan fingerprint density at radius 1 is 1.57 bits per heavy atom. The number of pyridine rings is 1. The predicted octanol–water partition coefficient (Wildman–Crippen LogP) is 0.334. The summed E-state index contributed by atoms with van der Waals surface area (Å²) in [6, 6.07) is 0. The average Bonchev–Trinajstić information content (AvgIpc) is 2.20. The predicted molar refractivity (Wildman–Crippen MR) is 48.7 cm³/mol. The van der Waals surface area contributed by atoms with Crippen LogP contribution in [0.25, 0.3) is 0 Å². The fraction of sp³-hybridized carbons (Fsp3) is 0.375. The Hall–Kier alpha value is -1.11. The molecule has 5 nitrogen and oxygen atoms in total. The zero-order chi connectivity index (χ0) is 10.6. The highest BCUT2D eigenvalue weighted by Gasteiger charge is 2.13. The Labute approximate surface area is 82.7 Å². The summed E-state index contributed by atoms with van der Waals surface area (Å²) in [7, 11) is 4.90. The van der Waals surface area contributed by atoms with Gasteiger partial charge in [-0.25, -0.2) is 5.26 Å². The topological polar surface area (TPSA) is 71.8 Å². The molecule has 0 saturated carbocycles. The molecule has 0 aliphatic heterocycles. The summed E-state index contributed by atoms with van der Waals surface area (Å²) in [4.78, 5) is 8.08. The van der Waals surface area contributed by atoms with Gasteiger partial charge in [-0.2, -0.15) is 0 Å². The van der Waals surface area contributed by atoms with Gasteiger partial charge >= 0.3 is 0 Å². The van der Waals surface area contributed by atoms with Crippen LogP contribution in [0.1, 0.15) is 16.8 Å². The van der Waals surface area contributed by atoms with Gasteiger partial charge in [0.25, 0.3) is 8.05 Å². The van der Waals surface area contributed by atoms with Gasteiger partial charge < -0.3 is 14.6 Å². The zero-order valence-electron chi connectivity index (χ0n) is 7.73. The third-order valence-electron chi connectivity index (χ3n) is 1.89. The highest BCUT2D eigenvalue weighted by atomic mass is 17.1. The Balaban J connectivity index is 3.18. The van der Waals surface area contributed by atoms with Gasteiger partial charge in [-0.1, -0.05) is 0 Å². The van der Waals surface area contributed by atoms with E-state index in [1.807, 2.05) is 0 Å². The molecule has 1 aromatic heterocycles. The largest absolute Gasteiger partial charge is 0.444 e. The SMILES string of the molecule is [B]OCc1cnc(C)c(OO)c1CO. The van der Waals surface area contributed by atoms with E-state index in [0.29, 0.717) is 16.8 Å². The van der Waals surface area contributed by atoms with Crippen molar-refractivity contribution in [3.05, 3.63) is 23.0 Å². The van der Waals surface area contributed by atoms with E-state index in [1.165, 1.54) is 6.20 Å². The first-order valence-corrected chi connectivity index (χ1v) is 3.95. The van der Waals surface area contributed by atoms with Gasteiger partial charge in [0.1, 0.15) is 0 Å². The Morgan fingerprint density at radius 3 is 2.79 bits per heavy atom. The van der Waals surface area contributed by atoms with E-state index in [-0.39, 0.29) is 19.0 Å². The van der Waals surface area contributed by atoms with Crippen LogP contribution < -0.4 is 4.89 Å². The lowest BCUT2D eigenvalue weighted by molar-refractivity contribution is -0.139. The number of aryl methyl sites for hydroxylation is 1. The van der Waals surface area contributed by atoms with Crippen molar-refractivity contribution in [3.8, 4) is 5.75 Å². The number of aromatic nitrogens is 1. The fourth-order valence-corrected chi connectivity index (χ4v) is 1.18. The van der Waals surface area contributed by atoms with E-state index in [1.54, 1.807) is 6.92 Å². The van der Waals surface area contributed by atoms with Crippen molar-refractivity contribution in [1.82, 2.24) is 4.98 Å². The molecule has 0 saturated heterocycles. The van der Waals surface area contributed by atoms with Gasteiger partial charge in [-0.15, -0.1) is 0 Å². The lowest BCUT2D eigenvalue weighted by Gasteiger charge is -2.11. The third kappa shape index (κ3) is 2.04. The molecule has 0 amide bonds. The zero-order valence-corrected chi connectivity index (χ0v) is 7.73. The van der Waals surface area contributed by atoms with Crippen LogP contribution in [0.3, 0.4) is 0 Å². The van der Waals surface area contributed by atoms with Crippen LogP contribution in [0.15, 0.2) is 6.20 Å². The first kappa shape index (κ1) is 11.0. The van der Waals surface area contributed by atoms with Gasteiger partial charge in [-0.05, 0) is 6.92 Å². The summed E-state index contributed by atoms with van der Waals surface area (Å²) in [6.45, 7) is 1.47. The summed E-state index contributed by atoms with van der Waals surface area (Å²) in [5, 5.41) is 17.7. The van der Waals surface area contributed by atoms with Crippen molar-refractivity contribution in [2.45, 2.75) is 20.1 Å². The van der Waals surface area contributed by atoms with Crippen LogP contribution in [0.2, 0.25) is 0 Å². The maximum Gasteiger partial charge on any atom is 0.283 e. The van der Waals surface area contributed by atoms with Crippen molar-refractivity contribution in [3.63, 3.8) is 0 Å². The molecule has 0 aromatic carbocycles. The summed E-state index contributed by atoms with van der Waals surface area (Å²) in [5.41, 5.74) is 1.48. The van der Waals surface area contributed by atoms with Crippen molar-refractivity contribution < 1.29 is 19.9 Å². The molecule has 0 atom stereocenters. The van der Waals surface area contributed by atoms with Crippen LogP contribution >= 0.6 is 0 Å². The second kappa shape index (κ2) is 4.95. The Bertz CT molecular complexity index is 318. The summed E-state index contributed by atoms with van der Waals surface area (Å²) in [6.07, 6.45) is 1.51. The quantitative estimate of drug-likeness (QED) is 0.411. The smallest absolute Gasteiger partial charge is 0.283 e. The molecule has 1 heterocycles. The van der Waals surface area contributed by atoms with E-state index in [4.69, 9.17) is 18.4 Å². The summed E-state index contributed by atoms with van der Waals surface area (Å²) in [5.74, 6) is 0.141. The molecule has 1 aromatic rings. The van der Waals surface area contributed by atoms with Crippen LogP contribution in [-0.2, 0) is 17.9 Å². The van der Waals surface area contributed by atoms with Gasteiger partial charge in [0.05, 0.1) is 18.9 Å². The fourth-order valence-electron chi connectivity index (χ4n) is 1.18. The molecule has 14 heavy (non-hydrogen) atoms. The van der Waals surface area contributed by atoms with Crippen LogP contribution in [0.4, 0.5) is 0 Å². The molecule has 0 aliphatic carbocycles. The molecule has 6 heteroatoms. The molecular weight excluding hydrogens is 185 g/mol. The number of aliphatic hydroxyl groups excluding tert-OH is 1. The van der Waals surface area contributed by atoms with E-state index in [0.717, 1.165) is 0 Å². The molecule has 1 rings (SSSR count). The third-order valence-corrected chi connectivity index (χ3v) is 1.89. The number of aliphatic hydroxyl groups is 1. The van der Waals surface area contributed by atoms with E-state index in [2.05, 4.69) is 14.5 Å². The number of nitrogens with zero attached hydrogens (tertiary/aromatic N) is 1. The van der Waals surface area contributed by atoms with Gasteiger partial charge in [0, 0.05) is 17.3 Å². The first-order valence-electron chi connectivity index (χ1n) is 3.95. The molecule has 0 fully saturated rings. The highest BCUT2D eigenvalue weighted by molar-refractivity contribution is 5.97. The van der Waals surface area contributed by atoms with Crippen LogP contribution in [0.5, 0.6) is 5.75 Å². The van der Waals surface area contributed by atoms with Gasteiger partial charge in [-0.3, -0.25) is 4.98 Å². The molecule has 0 unspecified atom stereocenters. The van der Waals surface area contributed by atoms with Crippen LogP contribution in [-0.4, -0.2) is 23.4 Å². The van der Waals surface area contributed by atoms with Crippen molar-refractivity contribution >= 4 is 8.05 Å². The number of hydrogen-bond acceptors (Lipinski definition) is 5. The van der Waals surface area contributed by atoms with Crippen molar-refractivity contribution in [2.75, 3.05) is 0 Å². The minimum Gasteiger partial charge on any atom is -0.444 e. The average molecular weight is 195 g/mol. The van der Waals surface area contributed by atoms with Crippen LogP contribution in [0, 0.1) is 6.92 Å². The molecule has 0 bridgehead atoms. The minimum atomic E-state index is -0.280. The van der Waals surface area contributed by atoms with Gasteiger partial charge in [0.15, 0.2) is 5.75 Å². The molecular formula is C8H10BNO4. The first-order chi connectivity index (χ1) is 6.74. The lowest BCUT2D eigenvalue weighted by atomic mass is 10.1. The molecule has 2 N–H and O–H groups in total. The Kier molecular flexibility index (Phi) is 3.88. The maximum absolute atomic E-state index is 9.07. The number of rotatable bonds is 4. The minimum absolute atomic E-state index is 0.0968. The molecule has 2 radical (unpaired) electrons. The monoisotopic (exact) mass is 195 g/mol. The van der Waals surface area contributed by atoms with E-state index < -0.39 is 0 Å². The van der Waals surface area contributed by atoms with Gasteiger partial charge in [0.2, 0.25) is 0 Å². The van der Waals surface area contributed by atoms with E-state index in [9.17, 15) is 0 Å². The lowest BCUT2D eigenvalue weighted by Crippen LogP contribution is -2.04. The highest BCUT2D eigenvalue weighted by Crippen LogP contribution is 2.25. The summed E-state index contributed by atoms with van der Waals surface area (Å²) >= 11 is 0. The standard InChI is InChI=1S/C8H10BNO4/c1-5-8(14-12)7(3-11)6(2-10-5)4-13-9/h2,11-12H,3-4H2,1H3. The van der Waals surface area contributed by atoms with Crippen molar-refractivity contribution in [1.29, 1.82) is 0 Å². The Morgan fingerprint density at radius 2 is 2.29 bits per heavy atom. The molecule has 74 valence electrons. The second-order valence-electron chi connectivity index (χ2n) is 2.74.